The normalized spacial score (nSPS) is 10.2. The van der Waals surface area contributed by atoms with E-state index in [0.717, 1.165) is 31.9 Å². The van der Waals surface area contributed by atoms with E-state index in [4.69, 9.17) is 10.00 Å². The maximum Gasteiger partial charge on any atom is 0.119 e. The molecule has 0 spiro atoms. The highest BCUT2D eigenvalue weighted by Gasteiger charge is 1.97. The molecule has 0 saturated heterocycles. The Morgan fingerprint density at radius 1 is 1.24 bits per heavy atom. The van der Waals surface area contributed by atoms with Gasteiger partial charge in [0.15, 0.2) is 0 Å². The lowest BCUT2D eigenvalue weighted by Gasteiger charge is -2.15. The molecule has 1 aromatic carbocycles. The van der Waals surface area contributed by atoms with Gasteiger partial charge in [0, 0.05) is 6.54 Å². The van der Waals surface area contributed by atoms with Gasteiger partial charge in [-0.3, -0.25) is 0 Å². The molecule has 1 rings (SSSR count). The molecule has 92 valence electrons. The molecular formula is C14H20N2O. The minimum absolute atomic E-state index is 0.667. The van der Waals surface area contributed by atoms with Gasteiger partial charge < -0.3 is 9.64 Å². The summed E-state index contributed by atoms with van der Waals surface area (Å²) < 4.78 is 5.60. The molecule has 3 nitrogen and oxygen atoms in total. The van der Waals surface area contributed by atoms with Crippen LogP contribution in [0.3, 0.4) is 0 Å². The maximum atomic E-state index is 8.66. The molecule has 0 atom stereocenters. The number of ether oxygens (including phenoxy) is 1. The molecule has 17 heavy (non-hydrogen) atoms. The van der Waals surface area contributed by atoms with Gasteiger partial charge in [-0.15, -0.1) is 0 Å². The summed E-state index contributed by atoms with van der Waals surface area (Å²) in [6.45, 7) is 5.10. The van der Waals surface area contributed by atoms with Gasteiger partial charge in [-0.05, 0) is 50.7 Å². The van der Waals surface area contributed by atoms with Gasteiger partial charge in [-0.1, -0.05) is 6.92 Å². The lowest BCUT2D eigenvalue weighted by Crippen LogP contribution is -2.21. The number of nitrogens with zero attached hydrogens (tertiary/aromatic N) is 2. The molecule has 0 aliphatic heterocycles. The third kappa shape index (κ3) is 5.37. The summed E-state index contributed by atoms with van der Waals surface area (Å²) in [7, 11) is 2.13. The van der Waals surface area contributed by atoms with Crippen molar-refractivity contribution in [3.63, 3.8) is 0 Å². The SMILES string of the molecule is CCCN(C)CCCOc1ccc(C#N)cc1. The first-order chi connectivity index (χ1) is 8.26. The summed E-state index contributed by atoms with van der Waals surface area (Å²) in [5.74, 6) is 0.835. The van der Waals surface area contributed by atoms with Crippen molar-refractivity contribution < 1.29 is 4.74 Å². The van der Waals surface area contributed by atoms with Gasteiger partial charge in [-0.25, -0.2) is 0 Å². The molecule has 0 N–H and O–H groups in total. The maximum absolute atomic E-state index is 8.66. The number of hydrogen-bond donors (Lipinski definition) is 0. The van der Waals surface area contributed by atoms with E-state index in [1.54, 1.807) is 12.1 Å². The predicted molar refractivity (Wildman–Crippen MR) is 69.1 cm³/mol. The first-order valence-corrected chi connectivity index (χ1v) is 6.07. The summed E-state index contributed by atoms with van der Waals surface area (Å²) in [6, 6.07) is 9.32. The molecular weight excluding hydrogens is 212 g/mol. The molecule has 0 aromatic heterocycles. The second-order valence-electron chi connectivity index (χ2n) is 4.14. The van der Waals surface area contributed by atoms with Crippen LogP contribution in [0.4, 0.5) is 0 Å². The van der Waals surface area contributed by atoms with Crippen LogP contribution in [0.2, 0.25) is 0 Å². The van der Waals surface area contributed by atoms with E-state index in [1.807, 2.05) is 12.1 Å². The Kier molecular flexibility index (Phi) is 6.13. The fourth-order valence-corrected chi connectivity index (χ4v) is 1.64. The lowest BCUT2D eigenvalue weighted by atomic mass is 10.2. The third-order valence-electron chi connectivity index (χ3n) is 2.54. The quantitative estimate of drug-likeness (QED) is 0.678. The fraction of sp³-hybridized carbons (Fsp3) is 0.500. The van der Waals surface area contributed by atoms with Crippen LogP contribution >= 0.6 is 0 Å². The van der Waals surface area contributed by atoms with Gasteiger partial charge in [0.25, 0.3) is 0 Å². The average molecular weight is 232 g/mol. The van der Waals surface area contributed by atoms with Gasteiger partial charge in [0.2, 0.25) is 0 Å². The van der Waals surface area contributed by atoms with Crippen LogP contribution in [0.5, 0.6) is 5.75 Å². The summed E-state index contributed by atoms with van der Waals surface area (Å²) in [6.07, 6.45) is 2.21. The Morgan fingerprint density at radius 2 is 1.94 bits per heavy atom. The van der Waals surface area contributed by atoms with Crippen molar-refractivity contribution in [2.24, 2.45) is 0 Å². The molecule has 0 bridgehead atoms. The zero-order chi connectivity index (χ0) is 12.5. The first kappa shape index (κ1) is 13.5. The number of hydrogen-bond acceptors (Lipinski definition) is 3. The first-order valence-electron chi connectivity index (χ1n) is 6.07. The van der Waals surface area contributed by atoms with Crippen molar-refractivity contribution in [1.82, 2.24) is 4.90 Å². The summed E-state index contributed by atoms with van der Waals surface area (Å²) in [4.78, 5) is 2.31. The highest BCUT2D eigenvalue weighted by molar-refractivity contribution is 5.34. The Hall–Kier alpha value is -1.53. The Morgan fingerprint density at radius 3 is 2.53 bits per heavy atom. The Labute approximate surface area is 104 Å². The second-order valence-corrected chi connectivity index (χ2v) is 4.14. The summed E-state index contributed by atoms with van der Waals surface area (Å²) in [5, 5.41) is 8.66. The van der Waals surface area contributed by atoms with Crippen LogP contribution in [-0.4, -0.2) is 31.6 Å². The van der Waals surface area contributed by atoms with E-state index in [2.05, 4.69) is 24.9 Å². The van der Waals surface area contributed by atoms with Crippen molar-refractivity contribution in [3.8, 4) is 11.8 Å². The molecule has 0 aliphatic carbocycles. The Bertz CT molecular complexity index is 353. The highest BCUT2D eigenvalue weighted by Crippen LogP contribution is 2.11. The predicted octanol–water partition coefficient (Wildman–Crippen LogP) is 2.67. The van der Waals surface area contributed by atoms with Crippen LogP contribution in [-0.2, 0) is 0 Å². The highest BCUT2D eigenvalue weighted by atomic mass is 16.5. The third-order valence-corrected chi connectivity index (χ3v) is 2.54. The van der Waals surface area contributed by atoms with E-state index in [-0.39, 0.29) is 0 Å². The zero-order valence-electron chi connectivity index (χ0n) is 10.6. The van der Waals surface area contributed by atoms with Crippen molar-refractivity contribution >= 4 is 0 Å². The molecule has 1 aromatic rings. The fourth-order valence-electron chi connectivity index (χ4n) is 1.64. The molecule has 0 saturated carbocycles. The molecule has 3 heteroatoms. The van der Waals surface area contributed by atoms with Crippen LogP contribution < -0.4 is 4.74 Å². The van der Waals surface area contributed by atoms with Crippen LogP contribution in [0.15, 0.2) is 24.3 Å². The van der Waals surface area contributed by atoms with Crippen molar-refractivity contribution in [2.45, 2.75) is 19.8 Å². The van der Waals surface area contributed by atoms with Crippen molar-refractivity contribution in [3.05, 3.63) is 29.8 Å². The van der Waals surface area contributed by atoms with Crippen LogP contribution in [0, 0.1) is 11.3 Å². The molecule has 0 fully saturated rings. The lowest BCUT2D eigenvalue weighted by molar-refractivity contribution is 0.263. The molecule has 0 radical (unpaired) electrons. The summed E-state index contributed by atoms with van der Waals surface area (Å²) in [5.41, 5.74) is 0.667. The summed E-state index contributed by atoms with van der Waals surface area (Å²) >= 11 is 0. The molecule has 0 aliphatic rings. The second kappa shape index (κ2) is 7.70. The van der Waals surface area contributed by atoms with Crippen molar-refractivity contribution in [1.29, 1.82) is 5.26 Å². The number of rotatable bonds is 7. The van der Waals surface area contributed by atoms with E-state index in [0.29, 0.717) is 5.56 Å². The number of benzene rings is 1. The van der Waals surface area contributed by atoms with E-state index in [1.165, 1.54) is 6.42 Å². The van der Waals surface area contributed by atoms with E-state index < -0.39 is 0 Å². The minimum Gasteiger partial charge on any atom is -0.494 e. The average Bonchev–Trinajstić information content (AvgIpc) is 2.36. The van der Waals surface area contributed by atoms with Gasteiger partial charge >= 0.3 is 0 Å². The van der Waals surface area contributed by atoms with E-state index in [9.17, 15) is 0 Å². The van der Waals surface area contributed by atoms with Crippen LogP contribution in [0.1, 0.15) is 25.3 Å². The standard InChI is InChI=1S/C14H20N2O/c1-3-9-16(2)10-4-11-17-14-7-5-13(12-15)6-8-14/h5-8H,3-4,9-11H2,1-2H3. The molecule has 0 amide bonds. The van der Waals surface area contributed by atoms with Gasteiger partial charge in [0.05, 0.1) is 18.2 Å². The van der Waals surface area contributed by atoms with Gasteiger partial charge in [-0.2, -0.15) is 5.26 Å². The monoisotopic (exact) mass is 232 g/mol. The van der Waals surface area contributed by atoms with Crippen molar-refractivity contribution in [2.75, 3.05) is 26.7 Å². The molecule has 0 unspecified atom stereocenters. The van der Waals surface area contributed by atoms with Crippen LogP contribution in [0.25, 0.3) is 0 Å². The topological polar surface area (TPSA) is 36.3 Å². The molecule has 0 heterocycles. The zero-order valence-corrected chi connectivity index (χ0v) is 10.6. The van der Waals surface area contributed by atoms with E-state index >= 15 is 0 Å². The van der Waals surface area contributed by atoms with Gasteiger partial charge in [0.1, 0.15) is 5.75 Å². The minimum atomic E-state index is 0.667. The smallest absolute Gasteiger partial charge is 0.119 e. The Balaban J connectivity index is 2.20. The largest absolute Gasteiger partial charge is 0.494 e. The number of nitriles is 1.